The summed E-state index contributed by atoms with van der Waals surface area (Å²) in [7, 11) is 0. The zero-order valence-electron chi connectivity index (χ0n) is 9.78. The van der Waals surface area contributed by atoms with Crippen LogP contribution >= 0.6 is 12.2 Å². The van der Waals surface area contributed by atoms with Crippen molar-refractivity contribution in [3.63, 3.8) is 0 Å². The van der Waals surface area contributed by atoms with Crippen LogP contribution in [0, 0.1) is 0 Å². The molecule has 2 aromatic carbocycles. The minimum Gasteiger partial charge on any atom is -0.407 e. The van der Waals surface area contributed by atoms with Gasteiger partial charge in [-0.1, -0.05) is 36.4 Å². The van der Waals surface area contributed by atoms with Crippen LogP contribution in [0.2, 0.25) is 0 Å². The molecular weight excluding hydrogens is 246 g/mol. The van der Waals surface area contributed by atoms with Gasteiger partial charge >= 0.3 is 0 Å². The number of nitrogens with zero attached hydrogens (tertiary/aromatic N) is 1. The van der Waals surface area contributed by atoms with Crippen LogP contribution in [-0.4, -0.2) is 11.0 Å². The van der Waals surface area contributed by atoms with E-state index in [0.717, 1.165) is 24.5 Å². The molecule has 1 aliphatic heterocycles. The van der Waals surface area contributed by atoms with Crippen molar-refractivity contribution in [2.75, 3.05) is 6.54 Å². The molecule has 0 saturated heterocycles. The van der Waals surface area contributed by atoms with E-state index in [9.17, 15) is 0 Å². The largest absolute Gasteiger partial charge is 0.407 e. The fourth-order valence-electron chi connectivity index (χ4n) is 1.78. The second kappa shape index (κ2) is 5.33. The first-order valence-corrected chi connectivity index (χ1v) is 6.55. The molecular formula is C14H13NO2S. The number of hydroxylamine groups is 1. The minimum absolute atomic E-state index is 0.788. The maximum absolute atomic E-state index is 5.74. The minimum atomic E-state index is 0.788. The van der Waals surface area contributed by atoms with Crippen molar-refractivity contribution in [3.05, 3.63) is 60.2 Å². The van der Waals surface area contributed by atoms with E-state index < -0.39 is 0 Å². The molecule has 3 nitrogen and oxygen atoms in total. The second-order valence-corrected chi connectivity index (χ2v) is 4.70. The van der Waals surface area contributed by atoms with Gasteiger partial charge in [-0.05, 0) is 34.7 Å². The van der Waals surface area contributed by atoms with E-state index in [2.05, 4.69) is 6.07 Å². The van der Waals surface area contributed by atoms with Gasteiger partial charge in [0.1, 0.15) is 11.5 Å². The summed E-state index contributed by atoms with van der Waals surface area (Å²) >= 11 is 1.23. The molecule has 2 aromatic rings. The molecule has 0 unspecified atom stereocenters. The Morgan fingerprint density at radius 2 is 1.78 bits per heavy atom. The Bertz CT molecular complexity index is 491. The molecule has 0 aromatic heterocycles. The Balaban J connectivity index is 1.68. The zero-order chi connectivity index (χ0) is 12.2. The molecule has 0 atom stereocenters. The van der Waals surface area contributed by atoms with Crippen molar-refractivity contribution in [3.8, 4) is 11.5 Å². The van der Waals surface area contributed by atoms with E-state index in [-0.39, 0.29) is 0 Å². The van der Waals surface area contributed by atoms with Gasteiger partial charge in [0.25, 0.3) is 0 Å². The summed E-state index contributed by atoms with van der Waals surface area (Å²) < 4.78 is 7.41. The Morgan fingerprint density at radius 1 is 1.00 bits per heavy atom. The van der Waals surface area contributed by atoms with Crippen molar-refractivity contribution >= 4 is 12.2 Å². The first-order chi connectivity index (χ1) is 8.92. The van der Waals surface area contributed by atoms with E-state index in [4.69, 9.17) is 9.02 Å². The third kappa shape index (κ3) is 2.60. The summed E-state index contributed by atoms with van der Waals surface area (Å²) in [6.07, 6.45) is 0.913. The van der Waals surface area contributed by atoms with Crippen molar-refractivity contribution in [2.45, 2.75) is 6.42 Å². The lowest BCUT2D eigenvalue weighted by Crippen LogP contribution is -2.22. The number of rotatable bonds is 2. The van der Waals surface area contributed by atoms with Gasteiger partial charge in [0.15, 0.2) is 12.2 Å². The van der Waals surface area contributed by atoms with Crippen LogP contribution in [0.1, 0.15) is 5.56 Å². The quantitative estimate of drug-likeness (QED) is 0.608. The second-order valence-electron chi connectivity index (χ2n) is 3.98. The van der Waals surface area contributed by atoms with Gasteiger partial charge in [-0.2, -0.15) is 0 Å². The van der Waals surface area contributed by atoms with Gasteiger partial charge in [0, 0.05) is 0 Å². The zero-order valence-corrected chi connectivity index (χ0v) is 10.6. The molecule has 18 heavy (non-hydrogen) atoms. The lowest BCUT2D eigenvalue weighted by molar-refractivity contribution is 0.0476. The van der Waals surface area contributed by atoms with Crippen LogP contribution in [0.25, 0.3) is 0 Å². The molecule has 0 N–H and O–H groups in total. The smallest absolute Gasteiger partial charge is 0.184 e. The Morgan fingerprint density at radius 3 is 2.67 bits per heavy atom. The van der Waals surface area contributed by atoms with Crippen LogP contribution in [0.5, 0.6) is 11.5 Å². The molecule has 0 spiro atoms. The molecule has 0 bridgehead atoms. The maximum atomic E-state index is 5.74. The fourth-order valence-corrected chi connectivity index (χ4v) is 2.39. The third-order valence-corrected chi connectivity index (χ3v) is 3.37. The first kappa shape index (κ1) is 11.4. The van der Waals surface area contributed by atoms with Gasteiger partial charge in [-0.15, -0.1) is 0 Å². The Kier molecular flexibility index (Phi) is 3.39. The highest BCUT2D eigenvalue weighted by Gasteiger charge is 2.17. The topological polar surface area (TPSA) is 21.7 Å². The van der Waals surface area contributed by atoms with Gasteiger partial charge in [-0.25, -0.2) is 0 Å². The van der Waals surface area contributed by atoms with E-state index in [0.29, 0.717) is 0 Å². The third-order valence-electron chi connectivity index (χ3n) is 2.70. The molecule has 0 amide bonds. The molecule has 92 valence electrons. The SMILES string of the molecule is c1ccc(ON2CCc3ccccc3OS2)cc1. The summed E-state index contributed by atoms with van der Waals surface area (Å²) in [6.45, 7) is 0.788. The monoisotopic (exact) mass is 259 g/mol. The fraction of sp³-hybridized carbons (Fsp3) is 0.143. The van der Waals surface area contributed by atoms with Crippen LogP contribution in [0.4, 0.5) is 0 Å². The van der Waals surface area contributed by atoms with Crippen molar-refractivity contribution in [1.82, 2.24) is 4.47 Å². The van der Waals surface area contributed by atoms with E-state index >= 15 is 0 Å². The number of benzene rings is 2. The Labute approximate surface area is 111 Å². The molecule has 3 rings (SSSR count). The van der Waals surface area contributed by atoms with Gasteiger partial charge in [-0.3, -0.25) is 0 Å². The average molecular weight is 259 g/mol. The predicted molar refractivity (Wildman–Crippen MR) is 72.1 cm³/mol. The number of para-hydroxylation sites is 2. The molecule has 1 aliphatic rings. The lowest BCUT2D eigenvalue weighted by Gasteiger charge is -2.16. The highest BCUT2D eigenvalue weighted by Crippen LogP contribution is 2.29. The maximum Gasteiger partial charge on any atom is 0.184 e. The average Bonchev–Trinajstić information content (AvgIpc) is 2.63. The van der Waals surface area contributed by atoms with Crippen molar-refractivity contribution in [1.29, 1.82) is 0 Å². The van der Waals surface area contributed by atoms with Crippen LogP contribution < -0.4 is 9.02 Å². The summed E-state index contributed by atoms with van der Waals surface area (Å²) in [5.74, 6) is 1.74. The van der Waals surface area contributed by atoms with Gasteiger partial charge in [0.05, 0.1) is 6.54 Å². The van der Waals surface area contributed by atoms with Crippen molar-refractivity contribution in [2.24, 2.45) is 0 Å². The summed E-state index contributed by atoms with van der Waals surface area (Å²) in [5, 5.41) is 0. The molecule has 0 aliphatic carbocycles. The molecule has 4 heteroatoms. The standard InChI is InChI=1S/C14H13NO2S/c1-2-7-13(8-3-1)16-15-11-10-12-6-4-5-9-14(12)17-18-15/h1-9H,10-11H2. The lowest BCUT2D eigenvalue weighted by atomic mass is 10.1. The van der Waals surface area contributed by atoms with Gasteiger partial charge < -0.3 is 9.02 Å². The number of fused-ring (bicyclic) bond motifs is 1. The predicted octanol–water partition coefficient (Wildman–Crippen LogP) is 3.48. The molecule has 0 saturated carbocycles. The first-order valence-electron chi connectivity index (χ1n) is 5.85. The highest BCUT2D eigenvalue weighted by molar-refractivity contribution is 7.92. The highest BCUT2D eigenvalue weighted by atomic mass is 32.2. The van der Waals surface area contributed by atoms with E-state index in [1.807, 2.05) is 48.5 Å². The van der Waals surface area contributed by atoms with E-state index in [1.165, 1.54) is 17.8 Å². The van der Waals surface area contributed by atoms with Crippen LogP contribution in [0.3, 0.4) is 0 Å². The number of hydrogen-bond acceptors (Lipinski definition) is 4. The summed E-state index contributed by atoms with van der Waals surface area (Å²) in [4.78, 5) is 5.74. The molecule has 0 radical (unpaired) electrons. The normalized spacial score (nSPS) is 15.3. The Hall–Kier alpha value is -1.65. The summed E-state index contributed by atoms with van der Waals surface area (Å²) in [5.41, 5.74) is 1.21. The molecule has 1 heterocycles. The van der Waals surface area contributed by atoms with Gasteiger partial charge in [0.2, 0.25) is 0 Å². The van der Waals surface area contributed by atoms with Crippen LogP contribution in [0.15, 0.2) is 54.6 Å². The summed E-state index contributed by atoms with van der Waals surface area (Å²) in [6, 6.07) is 17.8. The van der Waals surface area contributed by atoms with E-state index in [1.54, 1.807) is 4.47 Å². The van der Waals surface area contributed by atoms with Crippen molar-refractivity contribution < 1.29 is 9.02 Å². The van der Waals surface area contributed by atoms with Crippen LogP contribution in [-0.2, 0) is 6.42 Å². The molecule has 0 fully saturated rings. The number of hydrogen-bond donors (Lipinski definition) is 0.